The average molecular weight is 273 g/mol. The van der Waals surface area contributed by atoms with Gasteiger partial charge in [-0.1, -0.05) is 19.1 Å². The molecule has 1 aliphatic rings. The Bertz CT molecular complexity index is 582. The number of ether oxygens (including phenoxy) is 2. The molecule has 2 aromatic rings. The van der Waals surface area contributed by atoms with Crippen molar-refractivity contribution < 1.29 is 9.47 Å². The molecule has 5 heteroatoms. The molecule has 0 spiro atoms. The number of nitrogens with zero attached hydrogens (tertiary/aromatic N) is 3. The molecule has 0 unspecified atom stereocenters. The number of benzene rings is 1. The summed E-state index contributed by atoms with van der Waals surface area (Å²) in [6, 6.07) is 8.53. The van der Waals surface area contributed by atoms with Gasteiger partial charge >= 0.3 is 6.01 Å². The van der Waals surface area contributed by atoms with Crippen molar-refractivity contribution in [3.05, 3.63) is 24.3 Å². The van der Waals surface area contributed by atoms with Gasteiger partial charge in [-0.2, -0.15) is 9.97 Å². The zero-order valence-corrected chi connectivity index (χ0v) is 11.7. The first-order valence-electron chi connectivity index (χ1n) is 7.11. The van der Waals surface area contributed by atoms with Crippen molar-refractivity contribution in [2.75, 3.05) is 37.8 Å². The molecule has 20 heavy (non-hydrogen) atoms. The van der Waals surface area contributed by atoms with Gasteiger partial charge in [0.05, 0.1) is 25.3 Å². The second-order valence-corrected chi connectivity index (χ2v) is 4.79. The summed E-state index contributed by atoms with van der Waals surface area (Å²) in [6.45, 7) is 5.90. The van der Waals surface area contributed by atoms with Crippen LogP contribution in [0.15, 0.2) is 24.3 Å². The molecular formula is C15H19N3O2. The van der Waals surface area contributed by atoms with Gasteiger partial charge in [-0.05, 0) is 18.6 Å². The molecule has 0 bridgehead atoms. The fourth-order valence-electron chi connectivity index (χ4n) is 2.31. The van der Waals surface area contributed by atoms with Crippen LogP contribution in [-0.2, 0) is 4.74 Å². The van der Waals surface area contributed by atoms with Gasteiger partial charge in [0.15, 0.2) is 0 Å². The van der Waals surface area contributed by atoms with E-state index < -0.39 is 0 Å². The first kappa shape index (κ1) is 13.1. The SMILES string of the molecule is CCCOc1nc(N2CCOCC2)c2ccccc2n1. The molecule has 0 atom stereocenters. The molecule has 1 aromatic heterocycles. The first-order chi connectivity index (χ1) is 9.88. The minimum Gasteiger partial charge on any atom is -0.463 e. The van der Waals surface area contributed by atoms with E-state index in [4.69, 9.17) is 9.47 Å². The smallest absolute Gasteiger partial charge is 0.318 e. The van der Waals surface area contributed by atoms with Crippen LogP contribution in [0.2, 0.25) is 0 Å². The lowest BCUT2D eigenvalue weighted by atomic mass is 10.2. The Morgan fingerprint density at radius 2 is 2.00 bits per heavy atom. The number of para-hydroxylation sites is 1. The number of hydrogen-bond donors (Lipinski definition) is 0. The molecule has 1 aromatic carbocycles. The molecule has 3 rings (SSSR count). The van der Waals surface area contributed by atoms with Crippen molar-refractivity contribution in [1.82, 2.24) is 9.97 Å². The number of anilines is 1. The zero-order chi connectivity index (χ0) is 13.8. The third-order valence-electron chi connectivity index (χ3n) is 3.31. The van der Waals surface area contributed by atoms with Gasteiger partial charge in [-0.15, -0.1) is 0 Å². The maximum absolute atomic E-state index is 5.61. The maximum Gasteiger partial charge on any atom is 0.318 e. The molecule has 1 fully saturated rings. The van der Waals surface area contributed by atoms with Crippen molar-refractivity contribution in [2.45, 2.75) is 13.3 Å². The third kappa shape index (κ3) is 2.67. The number of aromatic nitrogens is 2. The van der Waals surface area contributed by atoms with E-state index in [0.717, 1.165) is 49.4 Å². The molecule has 106 valence electrons. The quantitative estimate of drug-likeness (QED) is 0.855. The van der Waals surface area contributed by atoms with Crippen molar-refractivity contribution in [3.8, 4) is 6.01 Å². The van der Waals surface area contributed by atoms with Crippen LogP contribution < -0.4 is 9.64 Å². The third-order valence-corrected chi connectivity index (χ3v) is 3.31. The molecule has 0 radical (unpaired) electrons. The molecule has 0 saturated carbocycles. The number of fused-ring (bicyclic) bond motifs is 1. The van der Waals surface area contributed by atoms with Crippen LogP contribution in [0.25, 0.3) is 10.9 Å². The van der Waals surface area contributed by atoms with E-state index in [1.54, 1.807) is 0 Å². The summed E-state index contributed by atoms with van der Waals surface area (Å²) in [6.07, 6.45) is 0.947. The monoisotopic (exact) mass is 273 g/mol. The van der Waals surface area contributed by atoms with E-state index in [-0.39, 0.29) is 0 Å². The summed E-state index contributed by atoms with van der Waals surface area (Å²) in [5.41, 5.74) is 0.926. The Kier molecular flexibility index (Phi) is 3.97. The maximum atomic E-state index is 5.61. The van der Waals surface area contributed by atoms with E-state index in [1.807, 2.05) is 18.2 Å². The Hall–Kier alpha value is -1.88. The van der Waals surface area contributed by atoms with Crippen LogP contribution in [0.3, 0.4) is 0 Å². The highest BCUT2D eigenvalue weighted by atomic mass is 16.5. The summed E-state index contributed by atoms with van der Waals surface area (Å²) in [7, 11) is 0. The molecular weight excluding hydrogens is 254 g/mol. The molecule has 0 aliphatic carbocycles. The van der Waals surface area contributed by atoms with Gasteiger partial charge in [0.1, 0.15) is 5.82 Å². The fourth-order valence-corrected chi connectivity index (χ4v) is 2.31. The average Bonchev–Trinajstić information content (AvgIpc) is 2.53. The zero-order valence-electron chi connectivity index (χ0n) is 11.7. The summed E-state index contributed by atoms with van der Waals surface area (Å²) in [4.78, 5) is 11.3. The van der Waals surface area contributed by atoms with E-state index in [2.05, 4.69) is 27.9 Å². The van der Waals surface area contributed by atoms with Crippen molar-refractivity contribution in [2.24, 2.45) is 0 Å². The van der Waals surface area contributed by atoms with Crippen molar-refractivity contribution in [1.29, 1.82) is 0 Å². The molecule has 1 saturated heterocycles. The van der Waals surface area contributed by atoms with Gasteiger partial charge in [-0.3, -0.25) is 0 Å². The van der Waals surface area contributed by atoms with Crippen molar-refractivity contribution in [3.63, 3.8) is 0 Å². The second-order valence-electron chi connectivity index (χ2n) is 4.79. The number of morpholine rings is 1. The van der Waals surface area contributed by atoms with Crippen LogP contribution in [0.5, 0.6) is 6.01 Å². The highest BCUT2D eigenvalue weighted by Crippen LogP contribution is 2.26. The largest absolute Gasteiger partial charge is 0.463 e. The summed E-state index contributed by atoms with van der Waals surface area (Å²) in [5.74, 6) is 0.949. The van der Waals surface area contributed by atoms with E-state index in [0.29, 0.717) is 12.6 Å². The fraction of sp³-hybridized carbons (Fsp3) is 0.467. The Morgan fingerprint density at radius 3 is 2.80 bits per heavy atom. The number of hydrogen-bond acceptors (Lipinski definition) is 5. The van der Waals surface area contributed by atoms with Crippen LogP contribution in [0.4, 0.5) is 5.82 Å². The second kappa shape index (κ2) is 6.05. The molecule has 5 nitrogen and oxygen atoms in total. The summed E-state index contributed by atoms with van der Waals surface area (Å²) < 4.78 is 11.0. The van der Waals surface area contributed by atoms with Crippen LogP contribution in [-0.4, -0.2) is 42.9 Å². The predicted molar refractivity (Wildman–Crippen MR) is 78.4 cm³/mol. The topological polar surface area (TPSA) is 47.5 Å². The lowest BCUT2D eigenvalue weighted by Gasteiger charge is -2.28. The molecule has 0 amide bonds. The molecule has 1 aliphatic heterocycles. The van der Waals surface area contributed by atoms with Gasteiger partial charge in [0, 0.05) is 18.5 Å². The Labute approximate surface area is 118 Å². The van der Waals surface area contributed by atoms with E-state index in [1.165, 1.54) is 0 Å². The van der Waals surface area contributed by atoms with Crippen LogP contribution >= 0.6 is 0 Å². The van der Waals surface area contributed by atoms with Gasteiger partial charge < -0.3 is 14.4 Å². The standard InChI is InChI=1S/C15H19N3O2/c1-2-9-20-15-16-13-6-4-3-5-12(13)14(17-15)18-7-10-19-11-8-18/h3-6H,2,7-11H2,1H3. The minimum absolute atomic E-state index is 0.465. The van der Waals surface area contributed by atoms with Gasteiger partial charge in [0.2, 0.25) is 0 Å². The van der Waals surface area contributed by atoms with Gasteiger partial charge in [0.25, 0.3) is 0 Å². The first-order valence-corrected chi connectivity index (χ1v) is 7.11. The Balaban J connectivity index is 2.02. The summed E-state index contributed by atoms with van der Waals surface area (Å²) in [5, 5.41) is 1.07. The lowest BCUT2D eigenvalue weighted by molar-refractivity contribution is 0.122. The molecule has 0 N–H and O–H groups in total. The highest BCUT2D eigenvalue weighted by molar-refractivity contribution is 5.89. The van der Waals surface area contributed by atoms with E-state index >= 15 is 0 Å². The van der Waals surface area contributed by atoms with E-state index in [9.17, 15) is 0 Å². The number of rotatable bonds is 4. The van der Waals surface area contributed by atoms with Crippen LogP contribution in [0.1, 0.15) is 13.3 Å². The highest BCUT2D eigenvalue weighted by Gasteiger charge is 2.17. The Morgan fingerprint density at radius 1 is 1.20 bits per heavy atom. The van der Waals surface area contributed by atoms with Crippen molar-refractivity contribution >= 4 is 16.7 Å². The summed E-state index contributed by atoms with van der Waals surface area (Å²) >= 11 is 0. The minimum atomic E-state index is 0.465. The predicted octanol–water partition coefficient (Wildman–Crippen LogP) is 2.26. The lowest BCUT2D eigenvalue weighted by Crippen LogP contribution is -2.37. The van der Waals surface area contributed by atoms with Gasteiger partial charge in [-0.25, -0.2) is 0 Å². The molecule has 2 heterocycles. The van der Waals surface area contributed by atoms with Crippen LogP contribution in [0, 0.1) is 0 Å². The normalized spacial score (nSPS) is 15.6.